The van der Waals surface area contributed by atoms with Gasteiger partial charge in [0.2, 0.25) is 0 Å². The van der Waals surface area contributed by atoms with Crippen LogP contribution in [0.3, 0.4) is 0 Å². The predicted molar refractivity (Wildman–Crippen MR) is 76.4 cm³/mol. The molecule has 0 saturated carbocycles. The normalized spacial score (nSPS) is 20.2. The van der Waals surface area contributed by atoms with E-state index < -0.39 is 0 Å². The maximum atomic E-state index is 2.62. The van der Waals surface area contributed by atoms with Crippen molar-refractivity contribution >= 4 is 0 Å². The van der Waals surface area contributed by atoms with Crippen LogP contribution in [0.15, 0.2) is 11.6 Å². The maximum absolute atomic E-state index is 2.62. The molecule has 1 atom stereocenters. The van der Waals surface area contributed by atoms with Crippen molar-refractivity contribution in [1.82, 2.24) is 9.80 Å². The van der Waals surface area contributed by atoms with Gasteiger partial charge in [-0.05, 0) is 52.6 Å². The molecule has 100 valence electrons. The van der Waals surface area contributed by atoms with Gasteiger partial charge in [0.25, 0.3) is 0 Å². The minimum absolute atomic E-state index is 0.866. The molecule has 0 aromatic heterocycles. The molecule has 1 rings (SSSR count). The summed E-state index contributed by atoms with van der Waals surface area (Å²) in [5.74, 6) is 0.866. The zero-order chi connectivity index (χ0) is 12.7. The van der Waals surface area contributed by atoms with Crippen LogP contribution < -0.4 is 0 Å². The van der Waals surface area contributed by atoms with E-state index in [4.69, 9.17) is 0 Å². The number of rotatable bonds is 6. The summed E-state index contributed by atoms with van der Waals surface area (Å²) in [6.45, 7) is 13.1. The summed E-state index contributed by atoms with van der Waals surface area (Å²) in [6, 6.07) is 0. The number of hydrogen-bond acceptors (Lipinski definition) is 2. The lowest BCUT2D eigenvalue weighted by Crippen LogP contribution is -2.44. The summed E-state index contributed by atoms with van der Waals surface area (Å²) in [5, 5.41) is 0. The SMILES string of the molecule is CC(C)=CCCC(C)CCN1CCN(C)CC1. The topological polar surface area (TPSA) is 6.48 Å². The summed E-state index contributed by atoms with van der Waals surface area (Å²) in [4.78, 5) is 5.05. The zero-order valence-electron chi connectivity index (χ0n) is 12.2. The van der Waals surface area contributed by atoms with E-state index in [0.29, 0.717) is 0 Å². The van der Waals surface area contributed by atoms with E-state index in [1.54, 1.807) is 0 Å². The quantitative estimate of drug-likeness (QED) is 0.656. The Labute approximate surface area is 108 Å². The van der Waals surface area contributed by atoms with Crippen molar-refractivity contribution in [2.45, 2.75) is 40.0 Å². The molecule has 1 saturated heterocycles. The Bertz CT molecular complexity index is 223. The van der Waals surface area contributed by atoms with Crippen LogP contribution >= 0.6 is 0 Å². The Kier molecular flexibility index (Phi) is 6.83. The lowest BCUT2D eigenvalue weighted by molar-refractivity contribution is 0.147. The van der Waals surface area contributed by atoms with E-state index >= 15 is 0 Å². The van der Waals surface area contributed by atoms with Crippen LogP contribution in [0.2, 0.25) is 0 Å². The molecule has 0 spiro atoms. The van der Waals surface area contributed by atoms with Crippen molar-refractivity contribution in [2.75, 3.05) is 39.8 Å². The van der Waals surface area contributed by atoms with Crippen LogP contribution in [0, 0.1) is 5.92 Å². The highest BCUT2D eigenvalue weighted by Crippen LogP contribution is 2.13. The Hall–Kier alpha value is -0.340. The first-order chi connectivity index (χ1) is 8.08. The maximum Gasteiger partial charge on any atom is 0.0110 e. The second-order valence-electron chi connectivity index (χ2n) is 5.90. The fourth-order valence-corrected chi connectivity index (χ4v) is 2.28. The highest BCUT2D eigenvalue weighted by atomic mass is 15.2. The smallest absolute Gasteiger partial charge is 0.0110 e. The summed E-state index contributed by atoms with van der Waals surface area (Å²) in [5.41, 5.74) is 1.45. The zero-order valence-corrected chi connectivity index (χ0v) is 12.2. The number of likely N-dealkylation sites (N-methyl/N-ethyl adjacent to an activating group) is 1. The molecule has 2 heteroatoms. The Morgan fingerprint density at radius 2 is 1.76 bits per heavy atom. The summed E-state index contributed by atoms with van der Waals surface area (Å²) >= 11 is 0. The summed E-state index contributed by atoms with van der Waals surface area (Å²) in [6.07, 6.45) is 6.33. The molecule has 1 unspecified atom stereocenters. The third kappa shape index (κ3) is 6.85. The highest BCUT2D eigenvalue weighted by molar-refractivity contribution is 4.92. The molecule has 17 heavy (non-hydrogen) atoms. The fourth-order valence-electron chi connectivity index (χ4n) is 2.28. The van der Waals surface area contributed by atoms with E-state index in [1.807, 2.05) is 0 Å². The van der Waals surface area contributed by atoms with Crippen molar-refractivity contribution in [2.24, 2.45) is 5.92 Å². The molecule has 1 fully saturated rings. The molecule has 0 amide bonds. The van der Waals surface area contributed by atoms with Gasteiger partial charge in [-0.1, -0.05) is 18.6 Å². The van der Waals surface area contributed by atoms with Gasteiger partial charge >= 0.3 is 0 Å². The van der Waals surface area contributed by atoms with Crippen LogP contribution in [0.4, 0.5) is 0 Å². The molecule has 0 radical (unpaired) electrons. The fraction of sp³-hybridized carbons (Fsp3) is 0.867. The van der Waals surface area contributed by atoms with E-state index in [1.165, 1.54) is 57.6 Å². The van der Waals surface area contributed by atoms with Gasteiger partial charge in [0.05, 0.1) is 0 Å². The van der Waals surface area contributed by atoms with Crippen LogP contribution in [0.25, 0.3) is 0 Å². The molecule has 0 N–H and O–H groups in total. The van der Waals surface area contributed by atoms with Gasteiger partial charge in [0.15, 0.2) is 0 Å². The van der Waals surface area contributed by atoms with E-state index in [9.17, 15) is 0 Å². The average molecular weight is 238 g/mol. The van der Waals surface area contributed by atoms with Gasteiger partial charge in [-0.3, -0.25) is 0 Å². The first-order valence-electron chi connectivity index (χ1n) is 7.12. The van der Waals surface area contributed by atoms with Gasteiger partial charge < -0.3 is 9.80 Å². The molecule has 1 heterocycles. The molecule has 1 aliphatic heterocycles. The summed E-state index contributed by atoms with van der Waals surface area (Å²) < 4.78 is 0. The molecule has 0 aromatic rings. The first kappa shape index (κ1) is 14.7. The predicted octanol–water partition coefficient (Wildman–Crippen LogP) is 3.01. The third-order valence-corrected chi connectivity index (χ3v) is 3.75. The van der Waals surface area contributed by atoms with Gasteiger partial charge in [0, 0.05) is 26.2 Å². The van der Waals surface area contributed by atoms with Crippen molar-refractivity contribution in [1.29, 1.82) is 0 Å². The number of hydrogen-bond donors (Lipinski definition) is 0. The van der Waals surface area contributed by atoms with Crippen molar-refractivity contribution in [3.8, 4) is 0 Å². The molecular formula is C15H30N2. The second kappa shape index (κ2) is 7.88. The van der Waals surface area contributed by atoms with Gasteiger partial charge in [0.1, 0.15) is 0 Å². The molecule has 0 bridgehead atoms. The molecular weight excluding hydrogens is 208 g/mol. The van der Waals surface area contributed by atoms with Crippen molar-refractivity contribution in [3.63, 3.8) is 0 Å². The van der Waals surface area contributed by atoms with Crippen LogP contribution in [0.1, 0.15) is 40.0 Å². The summed E-state index contributed by atoms with van der Waals surface area (Å²) in [7, 11) is 2.22. The van der Waals surface area contributed by atoms with Crippen molar-refractivity contribution in [3.05, 3.63) is 11.6 Å². The Morgan fingerprint density at radius 1 is 1.12 bits per heavy atom. The average Bonchev–Trinajstić information content (AvgIpc) is 2.28. The number of allylic oxidation sites excluding steroid dienone is 2. The Morgan fingerprint density at radius 3 is 2.35 bits per heavy atom. The molecule has 0 aliphatic carbocycles. The van der Waals surface area contributed by atoms with E-state index in [0.717, 1.165) is 5.92 Å². The van der Waals surface area contributed by atoms with Crippen molar-refractivity contribution < 1.29 is 0 Å². The highest BCUT2D eigenvalue weighted by Gasteiger charge is 2.13. The lowest BCUT2D eigenvalue weighted by atomic mass is 10.0. The van der Waals surface area contributed by atoms with Crippen LogP contribution in [-0.2, 0) is 0 Å². The monoisotopic (exact) mass is 238 g/mol. The lowest BCUT2D eigenvalue weighted by Gasteiger charge is -2.32. The van der Waals surface area contributed by atoms with Crippen LogP contribution in [-0.4, -0.2) is 49.6 Å². The molecule has 2 nitrogen and oxygen atoms in total. The van der Waals surface area contributed by atoms with Gasteiger partial charge in [-0.15, -0.1) is 0 Å². The van der Waals surface area contributed by atoms with E-state index in [2.05, 4.69) is 43.7 Å². The minimum Gasteiger partial charge on any atom is -0.304 e. The van der Waals surface area contributed by atoms with Gasteiger partial charge in [-0.25, -0.2) is 0 Å². The standard InChI is InChI=1S/C15H30N2/c1-14(2)6-5-7-15(3)8-9-17-12-10-16(4)11-13-17/h6,15H,5,7-13H2,1-4H3. The Balaban J connectivity index is 2.07. The minimum atomic E-state index is 0.866. The second-order valence-corrected chi connectivity index (χ2v) is 5.90. The van der Waals surface area contributed by atoms with E-state index in [-0.39, 0.29) is 0 Å². The largest absolute Gasteiger partial charge is 0.304 e. The number of nitrogens with zero attached hydrogens (tertiary/aromatic N) is 2. The van der Waals surface area contributed by atoms with Crippen LogP contribution in [0.5, 0.6) is 0 Å². The molecule has 1 aliphatic rings. The first-order valence-corrected chi connectivity index (χ1v) is 7.12. The molecule has 0 aromatic carbocycles. The number of piperazine rings is 1. The third-order valence-electron chi connectivity index (χ3n) is 3.75. The van der Waals surface area contributed by atoms with Gasteiger partial charge in [-0.2, -0.15) is 0 Å².